The summed E-state index contributed by atoms with van der Waals surface area (Å²) < 4.78 is 10.7. The molecule has 0 saturated carbocycles. The Balaban J connectivity index is 2.48. The Morgan fingerprint density at radius 3 is 2.83 bits per heavy atom. The number of amidine groups is 1. The summed E-state index contributed by atoms with van der Waals surface area (Å²) in [6, 6.07) is 0. The van der Waals surface area contributed by atoms with Gasteiger partial charge in [0.1, 0.15) is 12.7 Å². The monoisotopic (exact) mass is 259 g/mol. The van der Waals surface area contributed by atoms with E-state index in [1.165, 1.54) is 0 Å². The molecule has 0 aliphatic carbocycles. The van der Waals surface area contributed by atoms with Crippen LogP contribution in [0.4, 0.5) is 0 Å². The summed E-state index contributed by atoms with van der Waals surface area (Å²) in [5.41, 5.74) is 5.10. The number of nitrogens with zero attached hydrogens (tertiary/aromatic N) is 2. The van der Waals surface area contributed by atoms with E-state index in [9.17, 15) is 4.79 Å². The van der Waals surface area contributed by atoms with Crippen LogP contribution < -0.4 is 5.73 Å². The van der Waals surface area contributed by atoms with E-state index < -0.39 is 6.10 Å². The lowest BCUT2D eigenvalue weighted by Gasteiger charge is -2.32. The Kier molecular flexibility index (Phi) is 4.92. The van der Waals surface area contributed by atoms with Gasteiger partial charge in [0.15, 0.2) is 5.84 Å². The third-order valence-corrected chi connectivity index (χ3v) is 2.49. The first-order chi connectivity index (χ1) is 8.33. The van der Waals surface area contributed by atoms with Gasteiger partial charge in [0, 0.05) is 6.54 Å². The van der Waals surface area contributed by atoms with E-state index in [4.69, 9.17) is 20.4 Å². The van der Waals surface area contributed by atoms with E-state index in [-0.39, 0.29) is 30.5 Å². The van der Waals surface area contributed by atoms with Crippen molar-refractivity contribution in [2.75, 3.05) is 26.3 Å². The number of ether oxygens (including phenoxy) is 2. The van der Waals surface area contributed by atoms with Gasteiger partial charge in [-0.25, -0.2) is 0 Å². The van der Waals surface area contributed by atoms with Gasteiger partial charge >= 0.3 is 0 Å². The molecule has 1 unspecified atom stereocenters. The van der Waals surface area contributed by atoms with Crippen molar-refractivity contribution in [1.29, 1.82) is 0 Å². The first kappa shape index (κ1) is 14.7. The predicted molar refractivity (Wildman–Crippen MR) is 65.4 cm³/mol. The van der Waals surface area contributed by atoms with Crippen LogP contribution in [0, 0.1) is 0 Å². The lowest BCUT2D eigenvalue weighted by Crippen LogP contribution is -2.51. The normalized spacial score (nSPS) is 22.1. The number of rotatable bonds is 3. The molecule has 0 aromatic carbocycles. The zero-order valence-electron chi connectivity index (χ0n) is 11.0. The fourth-order valence-corrected chi connectivity index (χ4v) is 1.49. The Bertz CT molecular complexity index is 325. The summed E-state index contributed by atoms with van der Waals surface area (Å²) in [7, 11) is 0. The van der Waals surface area contributed by atoms with Gasteiger partial charge in [-0.1, -0.05) is 5.16 Å². The second-order valence-electron chi connectivity index (χ2n) is 5.13. The van der Waals surface area contributed by atoms with Crippen LogP contribution in [0.1, 0.15) is 20.8 Å². The Hall–Kier alpha value is -1.34. The van der Waals surface area contributed by atoms with E-state index >= 15 is 0 Å². The number of oxime groups is 1. The summed E-state index contributed by atoms with van der Waals surface area (Å²) >= 11 is 0. The lowest BCUT2D eigenvalue weighted by atomic mass is 10.2. The molecule has 0 spiro atoms. The molecule has 0 aromatic heterocycles. The van der Waals surface area contributed by atoms with Gasteiger partial charge in [0.2, 0.25) is 5.91 Å². The van der Waals surface area contributed by atoms with Crippen molar-refractivity contribution in [3.63, 3.8) is 0 Å². The van der Waals surface area contributed by atoms with Crippen molar-refractivity contribution < 1.29 is 19.5 Å². The first-order valence-corrected chi connectivity index (χ1v) is 5.84. The highest BCUT2D eigenvalue weighted by atomic mass is 16.5. The maximum absolute atomic E-state index is 11.9. The van der Waals surface area contributed by atoms with E-state index in [1.54, 1.807) is 4.90 Å². The van der Waals surface area contributed by atoms with Crippen LogP contribution in [0.2, 0.25) is 0 Å². The second-order valence-corrected chi connectivity index (χ2v) is 5.13. The molecule has 1 rings (SSSR count). The molecule has 7 nitrogen and oxygen atoms in total. The van der Waals surface area contributed by atoms with Crippen LogP contribution >= 0.6 is 0 Å². The third-order valence-electron chi connectivity index (χ3n) is 2.49. The molecule has 0 radical (unpaired) electrons. The highest BCUT2D eigenvalue weighted by Crippen LogP contribution is 2.09. The Morgan fingerprint density at radius 1 is 1.61 bits per heavy atom. The number of carbonyl (C=O) groups excluding carboxylic acids is 1. The van der Waals surface area contributed by atoms with Crippen molar-refractivity contribution in [2.45, 2.75) is 32.5 Å². The standard InChI is InChI=1S/C11H21N3O4/c1-11(2,3)18-7-9(15)14-4-5-17-8(6-14)10(12)13-16/h8,16H,4-7H2,1-3H3,(H2,12,13). The molecule has 1 fully saturated rings. The molecule has 3 N–H and O–H groups in total. The van der Waals surface area contributed by atoms with E-state index in [0.29, 0.717) is 13.2 Å². The van der Waals surface area contributed by atoms with Gasteiger partial charge in [0.25, 0.3) is 0 Å². The minimum Gasteiger partial charge on any atom is -0.409 e. The summed E-state index contributed by atoms with van der Waals surface area (Å²) in [5, 5.41) is 11.5. The maximum Gasteiger partial charge on any atom is 0.248 e. The number of hydrogen-bond donors (Lipinski definition) is 2. The Labute approximate surface area is 107 Å². The van der Waals surface area contributed by atoms with Crippen molar-refractivity contribution in [1.82, 2.24) is 4.90 Å². The molecule has 1 atom stereocenters. The van der Waals surface area contributed by atoms with Crippen molar-refractivity contribution in [2.24, 2.45) is 10.9 Å². The SMILES string of the molecule is CC(C)(C)OCC(=O)N1CCOC(C(N)=NO)C1. The molecule has 0 aromatic rings. The maximum atomic E-state index is 11.9. The molecule has 1 saturated heterocycles. The van der Waals surface area contributed by atoms with Crippen molar-refractivity contribution in [3.05, 3.63) is 0 Å². The van der Waals surface area contributed by atoms with Crippen LogP contribution in [0.15, 0.2) is 5.16 Å². The van der Waals surface area contributed by atoms with E-state index in [1.807, 2.05) is 20.8 Å². The van der Waals surface area contributed by atoms with Crippen molar-refractivity contribution in [3.8, 4) is 0 Å². The van der Waals surface area contributed by atoms with E-state index in [0.717, 1.165) is 0 Å². The van der Waals surface area contributed by atoms with Crippen LogP contribution in [-0.2, 0) is 14.3 Å². The lowest BCUT2D eigenvalue weighted by molar-refractivity contribution is -0.146. The van der Waals surface area contributed by atoms with Crippen molar-refractivity contribution >= 4 is 11.7 Å². The number of amides is 1. The van der Waals surface area contributed by atoms with Gasteiger partial charge in [-0.2, -0.15) is 0 Å². The average Bonchev–Trinajstić information content (AvgIpc) is 2.34. The molecule has 1 aliphatic rings. The number of carbonyl (C=O) groups is 1. The fraction of sp³-hybridized carbons (Fsp3) is 0.818. The van der Waals surface area contributed by atoms with Gasteiger partial charge in [-0.05, 0) is 20.8 Å². The van der Waals surface area contributed by atoms with E-state index in [2.05, 4.69) is 5.16 Å². The number of nitrogens with two attached hydrogens (primary N) is 1. The quantitative estimate of drug-likeness (QED) is 0.316. The highest BCUT2D eigenvalue weighted by molar-refractivity contribution is 5.86. The molecule has 104 valence electrons. The van der Waals surface area contributed by atoms with Crippen LogP contribution in [0.3, 0.4) is 0 Å². The molecule has 18 heavy (non-hydrogen) atoms. The third kappa shape index (κ3) is 4.50. The minimum absolute atomic E-state index is 0.0202. The zero-order valence-corrected chi connectivity index (χ0v) is 11.0. The Morgan fingerprint density at radius 2 is 2.28 bits per heavy atom. The summed E-state index contributed by atoms with van der Waals surface area (Å²) in [5.74, 6) is -0.145. The van der Waals surface area contributed by atoms with Crippen LogP contribution in [0.5, 0.6) is 0 Å². The molecule has 7 heteroatoms. The summed E-state index contributed by atoms with van der Waals surface area (Å²) in [4.78, 5) is 13.5. The largest absolute Gasteiger partial charge is 0.409 e. The van der Waals surface area contributed by atoms with Gasteiger partial charge in [-0.15, -0.1) is 0 Å². The van der Waals surface area contributed by atoms with Crippen LogP contribution in [-0.4, -0.2) is 59.9 Å². The molecular weight excluding hydrogens is 238 g/mol. The number of hydrogen-bond acceptors (Lipinski definition) is 5. The van der Waals surface area contributed by atoms with Gasteiger partial charge in [-0.3, -0.25) is 4.79 Å². The zero-order chi connectivity index (χ0) is 13.8. The number of morpholine rings is 1. The summed E-state index contributed by atoms with van der Waals surface area (Å²) in [6.45, 7) is 6.81. The van der Waals surface area contributed by atoms with Gasteiger partial charge in [0.05, 0.1) is 18.8 Å². The predicted octanol–water partition coefficient (Wildman–Crippen LogP) is -0.225. The molecule has 1 heterocycles. The molecule has 1 aliphatic heterocycles. The summed E-state index contributed by atoms with van der Waals surface area (Å²) in [6.07, 6.45) is -0.553. The van der Waals surface area contributed by atoms with Gasteiger partial charge < -0.3 is 25.3 Å². The topological polar surface area (TPSA) is 97.4 Å². The second kappa shape index (κ2) is 6.01. The average molecular weight is 259 g/mol. The molecular formula is C11H21N3O4. The minimum atomic E-state index is -0.553. The first-order valence-electron chi connectivity index (χ1n) is 5.84. The fourth-order valence-electron chi connectivity index (χ4n) is 1.49. The molecule has 0 bridgehead atoms. The molecule has 1 amide bonds. The van der Waals surface area contributed by atoms with Crippen LogP contribution in [0.25, 0.3) is 0 Å². The highest BCUT2D eigenvalue weighted by Gasteiger charge is 2.27. The smallest absolute Gasteiger partial charge is 0.248 e.